The quantitative estimate of drug-likeness (QED) is 0.802. The number of Topliss-reactive ketones (excluding diaryl/α,β-unsaturated/α-hetero) is 1. The second kappa shape index (κ2) is 6.84. The smallest absolute Gasteiger partial charge is 0.166 e. The van der Waals surface area contributed by atoms with Gasteiger partial charge in [-0.3, -0.25) is 4.79 Å². The molecule has 0 aromatic heterocycles. The predicted octanol–water partition coefficient (Wildman–Crippen LogP) is 3.40. The Kier molecular flexibility index (Phi) is 5.69. The molecule has 0 saturated heterocycles. The van der Waals surface area contributed by atoms with Crippen molar-refractivity contribution in [1.82, 2.24) is 0 Å². The molecule has 0 aliphatic heterocycles. The molecular formula is C16H23FO3. The summed E-state index contributed by atoms with van der Waals surface area (Å²) in [6.45, 7) is 8.21. The normalized spacial score (nSPS) is 13.1. The van der Waals surface area contributed by atoms with Crippen LogP contribution >= 0.6 is 0 Å². The lowest BCUT2D eigenvalue weighted by Gasteiger charge is -2.29. The summed E-state index contributed by atoms with van der Waals surface area (Å²) in [4.78, 5) is 12.3. The molecule has 4 heteroatoms. The maximum absolute atomic E-state index is 13.6. The van der Waals surface area contributed by atoms with Crippen LogP contribution in [0.3, 0.4) is 0 Å². The first-order valence-electron chi connectivity index (χ1n) is 6.76. The Bertz CT molecular complexity index is 463. The molecule has 0 aliphatic rings. The van der Waals surface area contributed by atoms with Crippen molar-refractivity contribution in [2.75, 3.05) is 13.7 Å². The van der Waals surface area contributed by atoms with E-state index in [1.54, 1.807) is 6.07 Å². The zero-order valence-electron chi connectivity index (χ0n) is 12.8. The minimum Gasteiger partial charge on any atom is -0.494 e. The van der Waals surface area contributed by atoms with Crippen molar-refractivity contribution in [3.8, 4) is 5.75 Å². The molecule has 1 unspecified atom stereocenters. The van der Waals surface area contributed by atoms with E-state index in [1.807, 2.05) is 27.7 Å². The molecule has 0 saturated carbocycles. The molecule has 3 nitrogen and oxygen atoms in total. The third kappa shape index (κ3) is 4.30. The third-order valence-electron chi connectivity index (χ3n) is 3.01. The highest BCUT2D eigenvalue weighted by molar-refractivity contribution is 5.86. The number of hydrogen-bond acceptors (Lipinski definition) is 3. The predicted molar refractivity (Wildman–Crippen MR) is 76.5 cm³/mol. The van der Waals surface area contributed by atoms with Gasteiger partial charge in [0, 0.05) is 13.0 Å². The third-order valence-corrected chi connectivity index (χ3v) is 3.01. The molecule has 0 fully saturated rings. The van der Waals surface area contributed by atoms with Gasteiger partial charge in [-0.25, -0.2) is 4.39 Å². The standard InChI is InChI=1S/C16H23FO3/c1-6-20-15(16(2,3)4)13(18)10-11-7-8-14(19-5)12(17)9-11/h7-9,15H,6,10H2,1-5H3. The number of rotatable bonds is 6. The van der Waals surface area contributed by atoms with Crippen LogP contribution in [0, 0.1) is 11.2 Å². The SMILES string of the molecule is CCOC(C(=O)Cc1ccc(OC)c(F)c1)C(C)(C)C. The minimum atomic E-state index is -0.488. The molecule has 0 amide bonds. The highest BCUT2D eigenvalue weighted by atomic mass is 19.1. The van der Waals surface area contributed by atoms with Crippen LogP contribution < -0.4 is 4.74 Å². The van der Waals surface area contributed by atoms with Crippen molar-refractivity contribution in [3.05, 3.63) is 29.6 Å². The first-order chi connectivity index (χ1) is 9.29. The second-order valence-corrected chi connectivity index (χ2v) is 5.81. The van der Waals surface area contributed by atoms with E-state index in [4.69, 9.17) is 9.47 Å². The first kappa shape index (κ1) is 16.6. The maximum Gasteiger partial charge on any atom is 0.166 e. The summed E-state index contributed by atoms with van der Waals surface area (Å²) in [5.74, 6) is -0.316. The molecule has 0 spiro atoms. The zero-order valence-corrected chi connectivity index (χ0v) is 12.8. The number of benzene rings is 1. The van der Waals surface area contributed by atoms with Gasteiger partial charge in [-0.1, -0.05) is 26.8 Å². The van der Waals surface area contributed by atoms with Crippen molar-refractivity contribution in [2.24, 2.45) is 5.41 Å². The van der Waals surface area contributed by atoms with E-state index in [0.717, 1.165) is 0 Å². The van der Waals surface area contributed by atoms with E-state index in [1.165, 1.54) is 19.2 Å². The van der Waals surface area contributed by atoms with Crippen LogP contribution in [-0.2, 0) is 16.0 Å². The summed E-state index contributed by atoms with van der Waals surface area (Å²) >= 11 is 0. The number of carbonyl (C=O) groups excluding carboxylic acids is 1. The number of ether oxygens (including phenoxy) is 2. The Balaban J connectivity index is 2.85. The summed E-state index contributed by atoms with van der Waals surface area (Å²) in [7, 11) is 1.41. The zero-order chi connectivity index (χ0) is 15.3. The van der Waals surface area contributed by atoms with E-state index in [2.05, 4.69) is 0 Å². The molecule has 0 bridgehead atoms. The summed E-state index contributed by atoms with van der Waals surface area (Å²) in [5.41, 5.74) is 0.347. The van der Waals surface area contributed by atoms with Gasteiger partial charge in [0.15, 0.2) is 17.3 Å². The lowest BCUT2D eigenvalue weighted by Crippen LogP contribution is -2.38. The minimum absolute atomic E-state index is 0.0380. The van der Waals surface area contributed by atoms with E-state index in [0.29, 0.717) is 12.2 Å². The maximum atomic E-state index is 13.6. The van der Waals surface area contributed by atoms with E-state index >= 15 is 0 Å². The fourth-order valence-electron chi connectivity index (χ4n) is 2.11. The fourth-order valence-corrected chi connectivity index (χ4v) is 2.11. The van der Waals surface area contributed by atoms with Gasteiger partial charge in [-0.15, -0.1) is 0 Å². The topological polar surface area (TPSA) is 35.5 Å². The van der Waals surface area contributed by atoms with Gasteiger partial charge in [0.25, 0.3) is 0 Å². The van der Waals surface area contributed by atoms with Gasteiger partial charge < -0.3 is 9.47 Å². The van der Waals surface area contributed by atoms with Crippen LogP contribution in [0.2, 0.25) is 0 Å². The Labute approximate surface area is 120 Å². The Morgan fingerprint density at radius 1 is 1.35 bits per heavy atom. The Hall–Kier alpha value is -1.42. The monoisotopic (exact) mass is 282 g/mol. The van der Waals surface area contributed by atoms with Gasteiger partial charge in [0.1, 0.15) is 6.10 Å². The van der Waals surface area contributed by atoms with Crippen molar-refractivity contribution in [3.63, 3.8) is 0 Å². The van der Waals surface area contributed by atoms with E-state index in [-0.39, 0.29) is 23.4 Å². The van der Waals surface area contributed by atoms with Crippen LogP contribution in [0.1, 0.15) is 33.3 Å². The van der Waals surface area contributed by atoms with Crippen LogP contribution in [0.15, 0.2) is 18.2 Å². The van der Waals surface area contributed by atoms with Crippen molar-refractivity contribution >= 4 is 5.78 Å². The lowest BCUT2D eigenvalue weighted by atomic mass is 9.84. The van der Waals surface area contributed by atoms with Crippen LogP contribution in [0.25, 0.3) is 0 Å². The van der Waals surface area contributed by atoms with Crippen LogP contribution in [0.5, 0.6) is 5.75 Å². The molecule has 1 aromatic carbocycles. The Morgan fingerprint density at radius 3 is 2.45 bits per heavy atom. The highest BCUT2D eigenvalue weighted by Gasteiger charge is 2.31. The van der Waals surface area contributed by atoms with Crippen LogP contribution in [0.4, 0.5) is 4.39 Å². The Morgan fingerprint density at radius 2 is 2.00 bits per heavy atom. The molecule has 1 aromatic rings. The number of hydrogen-bond donors (Lipinski definition) is 0. The van der Waals surface area contributed by atoms with Crippen molar-refractivity contribution < 1.29 is 18.7 Å². The van der Waals surface area contributed by atoms with Crippen molar-refractivity contribution in [2.45, 2.75) is 40.2 Å². The summed E-state index contributed by atoms with van der Waals surface area (Å²) < 4.78 is 24.0. The number of ketones is 1. The van der Waals surface area contributed by atoms with Crippen molar-refractivity contribution in [1.29, 1.82) is 0 Å². The van der Waals surface area contributed by atoms with Crippen LogP contribution in [-0.4, -0.2) is 25.6 Å². The van der Waals surface area contributed by atoms with E-state index < -0.39 is 11.9 Å². The molecule has 0 heterocycles. The lowest BCUT2D eigenvalue weighted by molar-refractivity contribution is -0.136. The fraction of sp³-hybridized carbons (Fsp3) is 0.562. The van der Waals surface area contributed by atoms with Gasteiger partial charge >= 0.3 is 0 Å². The second-order valence-electron chi connectivity index (χ2n) is 5.81. The molecule has 0 N–H and O–H groups in total. The van der Waals surface area contributed by atoms with Gasteiger partial charge in [-0.05, 0) is 30.0 Å². The summed E-state index contributed by atoms with van der Waals surface area (Å²) in [6.07, 6.45) is -0.333. The number of carbonyl (C=O) groups is 1. The first-order valence-corrected chi connectivity index (χ1v) is 6.76. The summed E-state index contributed by atoms with van der Waals surface area (Å²) in [5, 5.41) is 0. The van der Waals surface area contributed by atoms with Gasteiger partial charge in [-0.2, -0.15) is 0 Å². The highest BCUT2D eigenvalue weighted by Crippen LogP contribution is 2.25. The van der Waals surface area contributed by atoms with Gasteiger partial charge in [0.2, 0.25) is 0 Å². The largest absolute Gasteiger partial charge is 0.494 e. The average molecular weight is 282 g/mol. The van der Waals surface area contributed by atoms with Gasteiger partial charge in [0.05, 0.1) is 7.11 Å². The summed E-state index contributed by atoms with van der Waals surface area (Å²) in [6, 6.07) is 4.57. The molecule has 112 valence electrons. The molecule has 1 atom stereocenters. The average Bonchev–Trinajstić information content (AvgIpc) is 2.34. The molecular weight excluding hydrogens is 259 g/mol. The molecule has 0 aliphatic carbocycles. The molecule has 0 radical (unpaired) electrons. The molecule has 1 rings (SSSR count). The number of halogens is 1. The number of methoxy groups -OCH3 is 1. The molecule has 20 heavy (non-hydrogen) atoms. The van der Waals surface area contributed by atoms with E-state index in [9.17, 15) is 9.18 Å².